The maximum Gasteiger partial charge on any atom is 0.221 e. The summed E-state index contributed by atoms with van der Waals surface area (Å²) in [5.74, 6) is 0.735. The van der Waals surface area contributed by atoms with Crippen LogP contribution in [0.25, 0.3) is 11.0 Å². The van der Waals surface area contributed by atoms with Crippen molar-refractivity contribution in [3.05, 3.63) is 44.7 Å². The van der Waals surface area contributed by atoms with Crippen LogP contribution in [0.3, 0.4) is 0 Å². The summed E-state index contributed by atoms with van der Waals surface area (Å²) in [4.78, 5) is 11.4. The molecule has 0 saturated carbocycles. The molecule has 1 aromatic carbocycles. The van der Waals surface area contributed by atoms with E-state index in [0.29, 0.717) is 5.58 Å². The highest BCUT2D eigenvalue weighted by Gasteiger charge is 2.08. The van der Waals surface area contributed by atoms with E-state index >= 15 is 0 Å². The molecule has 0 radical (unpaired) electrons. The van der Waals surface area contributed by atoms with Crippen LogP contribution in [0.15, 0.2) is 37.9 Å². The lowest BCUT2D eigenvalue weighted by Gasteiger charge is -1.80. The number of hydrogen-bond donors (Lipinski definition) is 0. The molecule has 0 aliphatic heterocycles. The van der Waals surface area contributed by atoms with Gasteiger partial charge in [0.15, 0.2) is 5.58 Å². The van der Waals surface area contributed by atoms with Gasteiger partial charge in [-0.05, 0) is 35.0 Å². The lowest BCUT2D eigenvalue weighted by atomic mass is 10.3. The predicted molar refractivity (Wildman–Crippen MR) is 54.9 cm³/mol. The van der Waals surface area contributed by atoms with Gasteiger partial charge in [-0.2, -0.15) is 0 Å². The number of fused-ring (bicyclic) bond motifs is 1. The standard InChI is InChI=1S/C10H7BrO2/c1-6-9(11)7-4-2-3-5-8(12)10(7)13-6/h2-5H,1H3. The van der Waals surface area contributed by atoms with E-state index < -0.39 is 0 Å². The topological polar surface area (TPSA) is 30.2 Å². The zero-order valence-electron chi connectivity index (χ0n) is 7.00. The Morgan fingerprint density at radius 2 is 2.00 bits per heavy atom. The van der Waals surface area contributed by atoms with E-state index in [0.717, 1.165) is 15.6 Å². The minimum absolute atomic E-state index is 0.0891. The van der Waals surface area contributed by atoms with Crippen LogP contribution in [0.5, 0.6) is 0 Å². The highest BCUT2D eigenvalue weighted by Crippen LogP contribution is 2.27. The molecule has 2 rings (SSSR count). The van der Waals surface area contributed by atoms with Gasteiger partial charge in [0.25, 0.3) is 0 Å². The van der Waals surface area contributed by atoms with Crippen molar-refractivity contribution < 1.29 is 4.42 Å². The second kappa shape index (κ2) is 3.00. The molecule has 3 heteroatoms. The highest BCUT2D eigenvalue weighted by atomic mass is 79.9. The molecular weight excluding hydrogens is 232 g/mol. The zero-order valence-corrected chi connectivity index (χ0v) is 8.59. The fourth-order valence-corrected chi connectivity index (χ4v) is 1.64. The third-order valence-corrected chi connectivity index (χ3v) is 2.88. The van der Waals surface area contributed by atoms with Crippen molar-refractivity contribution in [2.45, 2.75) is 6.92 Å². The summed E-state index contributed by atoms with van der Waals surface area (Å²) >= 11 is 3.37. The monoisotopic (exact) mass is 238 g/mol. The Morgan fingerprint density at radius 3 is 2.77 bits per heavy atom. The van der Waals surface area contributed by atoms with Gasteiger partial charge in [-0.1, -0.05) is 12.1 Å². The average Bonchev–Trinajstić information content (AvgIpc) is 2.30. The maximum atomic E-state index is 11.4. The normalized spacial score (nSPS) is 10.6. The second-order valence-corrected chi connectivity index (χ2v) is 3.59. The number of aryl methyl sites for hydroxylation is 1. The third kappa shape index (κ3) is 1.29. The van der Waals surface area contributed by atoms with Gasteiger partial charge in [0, 0.05) is 5.39 Å². The third-order valence-electron chi connectivity index (χ3n) is 1.89. The van der Waals surface area contributed by atoms with Crippen molar-refractivity contribution in [2.24, 2.45) is 0 Å². The molecule has 0 bridgehead atoms. The maximum absolute atomic E-state index is 11.4. The minimum Gasteiger partial charge on any atom is -0.456 e. The van der Waals surface area contributed by atoms with Crippen LogP contribution in [0, 0.1) is 6.92 Å². The van der Waals surface area contributed by atoms with Gasteiger partial charge in [0.05, 0.1) is 4.47 Å². The Labute approximate surface area is 83.3 Å². The van der Waals surface area contributed by atoms with Crippen LogP contribution in [0.1, 0.15) is 5.76 Å². The average molecular weight is 239 g/mol. The van der Waals surface area contributed by atoms with E-state index in [2.05, 4.69) is 15.9 Å². The van der Waals surface area contributed by atoms with Gasteiger partial charge < -0.3 is 4.42 Å². The molecule has 0 atom stereocenters. The Bertz CT molecular complexity index is 514. The van der Waals surface area contributed by atoms with E-state index in [1.54, 1.807) is 6.07 Å². The van der Waals surface area contributed by atoms with E-state index in [4.69, 9.17) is 4.42 Å². The fraction of sp³-hybridized carbons (Fsp3) is 0.100. The van der Waals surface area contributed by atoms with Crippen molar-refractivity contribution in [3.8, 4) is 0 Å². The highest BCUT2D eigenvalue weighted by molar-refractivity contribution is 9.10. The minimum atomic E-state index is -0.0891. The lowest BCUT2D eigenvalue weighted by Crippen LogP contribution is -1.91. The van der Waals surface area contributed by atoms with E-state index in [1.165, 1.54) is 6.07 Å². The van der Waals surface area contributed by atoms with Crippen LogP contribution >= 0.6 is 15.9 Å². The summed E-state index contributed by atoms with van der Waals surface area (Å²) in [6.07, 6.45) is 0. The molecule has 0 spiro atoms. The van der Waals surface area contributed by atoms with Crippen molar-refractivity contribution >= 4 is 26.9 Å². The first-order chi connectivity index (χ1) is 6.20. The van der Waals surface area contributed by atoms with Crippen molar-refractivity contribution in [1.82, 2.24) is 0 Å². The Morgan fingerprint density at radius 1 is 1.31 bits per heavy atom. The van der Waals surface area contributed by atoms with Crippen LogP contribution < -0.4 is 5.43 Å². The Balaban J connectivity index is 3.08. The van der Waals surface area contributed by atoms with Gasteiger partial charge in [-0.25, -0.2) is 0 Å². The van der Waals surface area contributed by atoms with Crippen molar-refractivity contribution in [2.75, 3.05) is 0 Å². The number of rotatable bonds is 0. The molecule has 13 heavy (non-hydrogen) atoms. The van der Waals surface area contributed by atoms with Gasteiger partial charge in [-0.15, -0.1) is 0 Å². The second-order valence-electron chi connectivity index (χ2n) is 2.80. The number of hydrogen-bond acceptors (Lipinski definition) is 2. The molecule has 0 fully saturated rings. The quantitative estimate of drug-likeness (QED) is 0.707. The fourth-order valence-electron chi connectivity index (χ4n) is 1.24. The Hall–Kier alpha value is -1.09. The zero-order chi connectivity index (χ0) is 9.42. The molecule has 2 nitrogen and oxygen atoms in total. The van der Waals surface area contributed by atoms with Crippen LogP contribution in [-0.2, 0) is 0 Å². The largest absolute Gasteiger partial charge is 0.456 e. The molecule has 0 unspecified atom stereocenters. The van der Waals surface area contributed by atoms with Crippen molar-refractivity contribution in [1.29, 1.82) is 0 Å². The van der Waals surface area contributed by atoms with Gasteiger partial charge in [-0.3, -0.25) is 4.79 Å². The van der Waals surface area contributed by atoms with Crippen LogP contribution in [0.2, 0.25) is 0 Å². The van der Waals surface area contributed by atoms with E-state index in [1.807, 2.05) is 19.1 Å². The first-order valence-corrected chi connectivity index (χ1v) is 4.67. The molecular formula is C10H7BrO2. The van der Waals surface area contributed by atoms with Crippen LogP contribution in [0.4, 0.5) is 0 Å². The summed E-state index contributed by atoms with van der Waals surface area (Å²) in [7, 11) is 0. The molecule has 0 N–H and O–H groups in total. The predicted octanol–water partition coefficient (Wildman–Crippen LogP) is 2.86. The molecule has 2 aromatic rings. The summed E-state index contributed by atoms with van der Waals surface area (Å²) in [5.41, 5.74) is 0.322. The molecule has 0 saturated heterocycles. The summed E-state index contributed by atoms with van der Waals surface area (Å²) < 4.78 is 6.19. The smallest absolute Gasteiger partial charge is 0.221 e. The lowest BCUT2D eigenvalue weighted by molar-refractivity contribution is 0.573. The molecule has 1 aromatic heterocycles. The summed E-state index contributed by atoms with van der Waals surface area (Å²) in [5, 5.41) is 0.826. The molecule has 0 amide bonds. The SMILES string of the molecule is Cc1oc2c(=O)ccccc2c1Br. The Kier molecular flexibility index (Phi) is 1.96. The van der Waals surface area contributed by atoms with Crippen LogP contribution in [-0.4, -0.2) is 0 Å². The van der Waals surface area contributed by atoms with E-state index in [9.17, 15) is 4.79 Å². The molecule has 66 valence electrons. The summed E-state index contributed by atoms with van der Waals surface area (Å²) in [6, 6.07) is 6.89. The first kappa shape index (κ1) is 8.51. The number of furan rings is 1. The molecule has 0 aliphatic rings. The first-order valence-electron chi connectivity index (χ1n) is 3.88. The van der Waals surface area contributed by atoms with Gasteiger partial charge in [0.2, 0.25) is 5.43 Å². The van der Waals surface area contributed by atoms with Gasteiger partial charge >= 0.3 is 0 Å². The summed E-state index contributed by atoms with van der Waals surface area (Å²) in [6.45, 7) is 1.82. The molecule has 0 aliphatic carbocycles. The van der Waals surface area contributed by atoms with Gasteiger partial charge in [0.1, 0.15) is 5.76 Å². The van der Waals surface area contributed by atoms with E-state index in [-0.39, 0.29) is 5.43 Å². The molecule has 1 heterocycles. The van der Waals surface area contributed by atoms with Crippen molar-refractivity contribution in [3.63, 3.8) is 0 Å². The number of halogens is 1.